The van der Waals surface area contributed by atoms with Gasteiger partial charge in [-0.3, -0.25) is 0 Å². The van der Waals surface area contributed by atoms with E-state index in [-0.39, 0.29) is 0 Å². The average Bonchev–Trinajstić information content (AvgIpc) is 2.92. The average molecular weight is 309 g/mol. The number of hydrogen-bond donors (Lipinski definition) is 2. The summed E-state index contributed by atoms with van der Waals surface area (Å²) in [6.07, 6.45) is 4.59. The lowest BCUT2D eigenvalue weighted by Gasteiger charge is -2.62. The molecule has 120 valence electrons. The first-order valence-corrected chi connectivity index (χ1v) is 8.87. The zero-order chi connectivity index (χ0) is 15.8. The highest BCUT2D eigenvalue weighted by molar-refractivity contribution is 5.85. The van der Waals surface area contributed by atoms with Crippen LogP contribution >= 0.6 is 0 Å². The SMILES string of the molecule is C/C=C1/C[N+]2(C)[C@H]3C[C@@H]1[C@H](CO)[C@@H]2Cc1c3[nH]c2ccccc12. The first-order chi connectivity index (χ1) is 11.2. The molecule has 3 nitrogen and oxygen atoms in total. The summed E-state index contributed by atoms with van der Waals surface area (Å²) in [5, 5.41) is 11.5. The summed E-state index contributed by atoms with van der Waals surface area (Å²) in [5.41, 5.74) is 5.84. The van der Waals surface area contributed by atoms with Crippen molar-refractivity contribution in [3.05, 3.63) is 47.2 Å². The molecule has 1 unspecified atom stereocenters. The normalized spacial score (nSPS) is 39.9. The molecular weight excluding hydrogens is 284 g/mol. The van der Waals surface area contributed by atoms with E-state index in [0.29, 0.717) is 30.5 Å². The van der Waals surface area contributed by atoms with Crippen LogP contribution in [0, 0.1) is 11.8 Å². The molecule has 23 heavy (non-hydrogen) atoms. The Morgan fingerprint density at radius 2 is 2.17 bits per heavy atom. The summed E-state index contributed by atoms with van der Waals surface area (Å²) in [6, 6.07) is 9.84. The van der Waals surface area contributed by atoms with Crippen molar-refractivity contribution in [2.45, 2.75) is 31.8 Å². The summed E-state index contributed by atoms with van der Waals surface area (Å²) in [7, 11) is 2.42. The van der Waals surface area contributed by atoms with Crippen LogP contribution in [-0.4, -0.2) is 40.8 Å². The van der Waals surface area contributed by atoms with Crippen LogP contribution in [0.25, 0.3) is 10.9 Å². The highest BCUT2D eigenvalue weighted by atomic mass is 16.3. The Morgan fingerprint density at radius 1 is 1.35 bits per heavy atom. The number of benzene rings is 1. The second kappa shape index (κ2) is 4.49. The van der Waals surface area contributed by atoms with E-state index in [0.717, 1.165) is 17.4 Å². The van der Waals surface area contributed by atoms with Crippen LogP contribution in [0.5, 0.6) is 0 Å². The molecule has 2 aromatic rings. The Balaban J connectivity index is 1.73. The van der Waals surface area contributed by atoms with Crippen LogP contribution in [0.2, 0.25) is 0 Å². The molecular formula is C20H25N2O+. The van der Waals surface area contributed by atoms with Gasteiger partial charge in [0.05, 0.1) is 25.4 Å². The van der Waals surface area contributed by atoms with E-state index in [4.69, 9.17) is 0 Å². The number of H-pyrrole nitrogens is 1. The molecule has 0 saturated carbocycles. The maximum atomic E-state index is 10.1. The Kier molecular flexibility index (Phi) is 2.70. The predicted octanol–water partition coefficient (Wildman–Crippen LogP) is 3.17. The van der Waals surface area contributed by atoms with Crippen molar-refractivity contribution in [2.24, 2.45) is 11.8 Å². The summed E-state index contributed by atoms with van der Waals surface area (Å²) < 4.78 is 1.08. The number of aliphatic hydroxyl groups is 1. The molecule has 6 rings (SSSR count). The summed E-state index contributed by atoms with van der Waals surface area (Å²) in [4.78, 5) is 3.75. The van der Waals surface area contributed by atoms with Crippen molar-refractivity contribution in [1.82, 2.24) is 4.98 Å². The third kappa shape index (κ3) is 1.57. The third-order valence-electron chi connectivity index (χ3n) is 7.13. The van der Waals surface area contributed by atoms with E-state index in [1.807, 2.05) is 0 Å². The monoisotopic (exact) mass is 309 g/mol. The van der Waals surface area contributed by atoms with Crippen LogP contribution in [-0.2, 0) is 6.42 Å². The number of para-hydroxylation sites is 1. The molecule has 2 N–H and O–H groups in total. The fourth-order valence-electron chi connectivity index (χ4n) is 6.02. The molecule has 4 bridgehead atoms. The fourth-order valence-corrected chi connectivity index (χ4v) is 6.02. The van der Waals surface area contributed by atoms with Gasteiger partial charge < -0.3 is 14.6 Å². The van der Waals surface area contributed by atoms with Crippen molar-refractivity contribution in [2.75, 3.05) is 20.2 Å². The minimum atomic E-state index is 0.324. The van der Waals surface area contributed by atoms with Gasteiger partial charge in [0.2, 0.25) is 0 Å². The lowest BCUT2D eigenvalue weighted by molar-refractivity contribution is -0.978. The number of rotatable bonds is 1. The van der Waals surface area contributed by atoms with E-state index in [1.165, 1.54) is 28.6 Å². The number of nitrogens with zero attached hydrogens (tertiary/aromatic N) is 1. The van der Waals surface area contributed by atoms with Crippen LogP contribution < -0.4 is 0 Å². The standard InChI is InChI=1S/C20H25N2O/c1-3-12-10-22(2)18-9-15-13-6-4-5-7-17(13)21-20(15)19(22)8-14(12)16(18)11-23/h3-7,14,16,18-19,21,23H,8-11H2,1-2H3/q+1/b12-3-/t14-,16-,18-,19-,22?/m0/s1. The molecule has 4 aliphatic rings. The van der Waals surface area contributed by atoms with E-state index in [1.54, 1.807) is 5.57 Å². The Bertz CT molecular complexity index is 820. The van der Waals surface area contributed by atoms with Crippen molar-refractivity contribution < 1.29 is 9.59 Å². The molecule has 5 atom stereocenters. The van der Waals surface area contributed by atoms with Crippen molar-refractivity contribution in [3.8, 4) is 0 Å². The number of hydrogen-bond acceptors (Lipinski definition) is 1. The first-order valence-electron chi connectivity index (χ1n) is 8.87. The fraction of sp³-hybridized carbons (Fsp3) is 0.500. The molecule has 0 spiro atoms. The molecule has 0 amide bonds. The number of aromatic amines is 1. The van der Waals surface area contributed by atoms with Crippen molar-refractivity contribution >= 4 is 10.9 Å². The van der Waals surface area contributed by atoms with Crippen LogP contribution in [0.4, 0.5) is 0 Å². The summed E-state index contributed by atoms with van der Waals surface area (Å²) in [5.74, 6) is 0.984. The summed E-state index contributed by atoms with van der Waals surface area (Å²) >= 11 is 0. The molecule has 1 aromatic carbocycles. The van der Waals surface area contributed by atoms with Crippen LogP contribution in [0.3, 0.4) is 0 Å². The number of aromatic nitrogens is 1. The first kappa shape index (κ1) is 13.8. The number of likely N-dealkylation sites (N-methyl/N-ethyl adjacent to an activating group) is 1. The number of nitrogens with one attached hydrogen (secondary N) is 1. The minimum absolute atomic E-state index is 0.324. The number of allylic oxidation sites excluding steroid dienone is 1. The zero-order valence-corrected chi connectivity index (χ0v) is 13.9. The van der Waals surface area contributed by atoms with Gasteiger partial charge in [-0.15, -0.1) is 0 Å². The highest BCUT2D eigenvalue weighted by Crippen LogP contribution is 2.57. The molecule has 3 heteroatoms. The number of aliphatic hydroxyl groups excluding tert-OH is 1. The second-order valence-electron chi connectivity index (χ2n) is 7.91. The molecule has 3 fully saturated rings. The largest absolute Gasteiger partial charge is 0.396 e. The second-order valence-corrected chi connectivity index (χ2v) is 7.91. The summed E-state index contributed by atoms with van der Waals surface area (Å²) in [6.45, 7) is 3.65. The van der Waals surface area contributed by atoms with E-state index < -0.39 is 0 Å². The number of piperidine rings is 3. The Morgan fingerprint density at radius 3 is 2.96 bits per heavy atom. The van der Waals surface area contributed by atoms with Gasteiger partial charge in [0.1, 0.15) is 12.6 Å². The molecule has 1 aromatic heterocycles. The van der Waals surface area contributed by atoms with E-state index in [9.17, 15) is 5.11 Å². The van der Waals surface area contributed by atoms with Gasteiger partial charge in [-0.25, -0.2) is 0 Å². The maximum Gasteiger partial charge on any atom is 0.131 e. The van der Waals surface area contributed by atoms with Crippen molar-refractivity contribution in [3.63, 3.8) is 0 Å². The van der Waals surface area contributed by atoms with E-state index >= 15 is 0 Å². The van der Waals surface area contributed by atoms with Gasteiger partial charge in [-0.05, 0) is 24.1 Å². The van der Waals surface area contributed by atoms with Crippen LogP contribution in [0.1, 0.15) is 30.6 Å². The number of fused-ring (bicyclic) bond motifs is 4. The third-order valence-corrected chi connectivity index (χ3v) is 7.13. The highest BCUT2D eigenvalue weighted by Gasteiger charge is 2.61. The zero-order valence-electron chi connectivity index (χ0n) is 13.9. The van der Waals surface area contributed by atoms with Gasteiger partial charge in [-0.1, -0.05) is 24.3 Å². The quantitative estimate of drug-likeness (QED) is 0.616. The van der Waals surface area contributed by atoms with Crippen LogP contribution in [0.15, 0.2) is 35.9 Å². The lowest BCUT2D eigenvalue weighted by atomic mass is 9.62. The molecule has 0 radical (unpaired) electrons. The van der Waals surface area contributed by atoms with Gasteiger partial charge in [0, 0.05) is 35.6 Å². The van der Waals surface area contributed by atoms with E-state index in [2.05, 4.69) is 49.3 Å². The molecule has 5 heterocycles. The van der Waals surface area contributed by atoms with Gasteiger partial charge >= 0.3 is 0 Å². The van der Waals surface area contributed by atoms with Gasteiger partial charge in [0.15, 0.2) is 0 Å². The smallest absolute Gasteiger partial charge is 0.131 e. The minimum Gasteiger partial charge on any atom is -0.396 e. The van der Waals surface area contributed by atoms with Gasteiger partial charge in [0.25, 0.3) is 0 Å². The topological polar surface area (TPSA) is 36.0 Å². The van der Waals surface area contributed by atoms with Crippen molar-refractivity contribution in [1.29, 1.82) is 0 Å². The Labute approximate surface area is 137 Å². The number of quaternary nitrogens is 1. The van der Waals surface area contributed by atoms with Gasteiger partial charge in [-0.2, -0.15) is 0 Å². The predicted molar refractivity (Wildman–Crippen MR) is 92.0 cm³/mol. The molecule has 0 aliphatic carbocycles. The molecule has 4 aliphatic heterocycles. The Hall–Kier alpha value is -1.58. The molecule has 3 saturated heterocycles. The maximum absolute atomic E-state index is 10.1. The lowest BCUT2D eigenvalue weighted by Crippen LogP contribution is -2.70.